The highest BCUT2D eigenvalue weighted by Gasteiger charge is 2.32. The minimum absolute atomic E-state index is 0.147. The molecule has 0 aliphatic carbocycles. The van der Waals surface area contributed by atoms with Gasteiger partial charge in [-0.05, 0) is 27.6 Å². The van der Waals surface area contributed by atoms with Crippen LogP contribution in [-0.4, -0.2) is 35.0 Å². The van der Waals surface area contributed by atoms with Crippen molar-refractivity contribution < 1.29 is 14.3 Å². The van der Waals surface area contributed by atoms with Crippen molar-refractivity contribution in [2.24, 2.45) is 0 Å². The second kappa shape index (κ2) is 7.44. The monoisotopic (exact) mass is 389 g/mol. The normalized spacial score (nSPS) is 15.0. The Kier molecular flexibility index (Phi) is 5.10. The van der Waals surface area contributed by atoms with Crippen LogP contribution in [0.3, 0.4) is 0 Å². The maximum absolute atomic E-state index is 12.5. The van der Waals surface area contributed by atoms with Gasteiger partial charge in [0.25, 0.3) is 0 Å². The number of carbonyl (C=O) groups excluding carboxylic acids is 2. The van der Waals surface area contributed by atoms with Crippen molar-refractivity contribution in [2.75, 3.05) is 18.5 Å². The van der Waals surface area contributed by atoms with Gasteiger partial charge in [-0.3, -0.25) is 14.7 Å². The number of carbonyl (C=O) groups is 2. The van der Waals surface area contributed by atoms with E-state index in [1.807, 2.05) is 30.3 Å². The zero-order valence-electron chi connectivity index (χ0n) is 12.8. The lowest BCUT2D eigenvalue weighted by molar-refractivity contribution is -0.117. The fourth-order valence-corrected chi connectivity index (χ4v) is 2.97. The highest BCUT2D eigenvalue weighted by Crippen LogP contribution is 2.28. The Morgan fingerprint density at radius 1 is 1.33 bits per heavy atom. The zero-order chi connectivity index (χ0) is 16.9. The van der Waals surface area contributed by atoms with E-state index in [0.29, 0.717) is 23.3 Å². The number of nitrogens with zero attached hydrogens (tertiary/aromatic N) is 2. The minimum atomic E-state index is -0.387. The lowest BCUT2D eigenvalue weighted by Gasteiger charge is -2.25. The Bertz CT molecular complexity index is 739. The van der Waals surface area contributed by atoms with Gasteiger partial charge in [0, 0.05) is 12.4 Å². The van der Waals surface area contributed by atoms with E-state index in [0.717, 1.165) is 5.56 Å². The van der Waals surface area contributed by atoms with Gasteiger partial charge in [-0.2, -0.15) is 0 Å². The number of cyclic esters (lactones) is 1. The Balaban J connectivity index is 1.78. The fourth-order valence-electron chi connectivity index (χ4n) is 2.63. The maximum atomic E-state index is 12.5. The number of nitrogens with one attached hydrogen (secondary N) is 1. The molecule has 1 atom stereocenters. The maximum Gasteiger partial charge on any atom is 0.410 e. The predicted molar refractivity (Wildman–Crippen MR) is 92.4 cm³/mol. The molecule has 0 bridgehead atoms. The second-order valence-corrected chi connectivity index (χ2v) is 6.20. The standard InChI is InChI=1S/C17H16BrN3O3/c18-13-11-19-7-6-14(13)20-16(22)10-15(12-4-2-1-3-5-12)21-8-9-24-17(21)23/h1-7,11,15H,8-10H2,(H,19,20,22). The summed E-state index contributed by atoms with van der Waals surface area (Å²) in [6.07, 6.45) is 2.98. The summed E-state index contributed by atoms with van der Waals surface area (Å²) < 4.78 is 5.73. The molecule has 124 valence electrons. The molecule has 1 saturated heterocycles. The third-order valence-electron chi connectivity index (χ3n) is 3.78. The lowest BCUT2D eigenvalue weighted by atomic mass is 10.0. The molecule has 7 heteroatoms. The predicted octanol–water partition coefficient (Wildman–Crippen LogP) is 3.37. The molecule has 0 radical (unpaired) electrons. The molecule has 0 saturated carbocycles. The highest BCUT2D eigenvalue weighted by molar-refractivity contribution is 9.10. The Morgan fingerprint density at radius 2 is 2.12 bits per heavy atom. The van der Waals surface area contributed by atoms with Gasteiger partial charge in [-0.25, -0.2) is 4.79 Å². The van der Waals surface area contributed by atoms with Gasteiger partial charge in [-0.15, -0.1) is 0 Å². The number of amides is 2. The van der Waals surface area contributed by atoms with E-state index >= 15 is 0 Å². The molecule has 2 aromatic rings. The lowest BCUT2D eigenvalue weighted by Crippen LogP contribution is -2.32. The molecule has 24 heavy (non-hydrogen) atoms. The van der Waals surface area contributed by atoms with Crippen LogP contribution in [0, 0.1) is 0 Å². The van der Waals surface area contributed by atoms with Crippen molar-refractivity contribution in [3.05, 3.63) is 58.8 Å². The summed E-state index contributed by atoms with van der Waals surface area (Å²) in [5.74, 6) is -0.185. The van der Waals surface area contributed by atoms with Crippen molar-refractivity contribution in [1.29, 1.82) is 0 Å². The van der Waals surface area contributed by atoms with Gasteiger partial charge in [0.15, 0.2) is 0 Å². The van der Waals surface area contributed by atoms with Crippen molar-refractivity contribution in [2.45, 2.75) is 12.5 Å². The largest absolute Gasteiger partial charge is 0.448 e. The summed E-state index contributed by atoms with van der Waals surface area (Å²) in [5, 5.41) is 2.84. The van der Waals surface area contributed by atoms with Crippen LogP contribution in [0.15, 0.2) is 53.3 Å². The molecule has 1 fully saturated rings. The summed E-state index contributed by atoms with van der Waals surface area (Å²) in [6, 6.07) is 10.8. The molecular weight excluding hydrogens is 374 g/mol. The van der Waals surface area contributed by atoms with E-state index in [4.69, 9.17) is 4.74 Å². The van der Waals surface area contributed by atoms with Crippen LogP contribution >= 0.6 is 15.9 Å². The summed E-state index contributed by atoms with van der Waals surface area (Å²) in [5.41, 5.74) is 1.55. The van der Waals surface area contributed by atoms with E-state index in [1.165, 1.54) is 0 Å². The van der Waals surface area contributed by atoms with Crippen molar-refractivity contribution >= 4 is 33.6 Å². The molecule has 1 aliphatic heterocycles. The molecule has 0 spiro atoms. The van der Waals surface area contributed by atoms with Crippen LogP contribution in [0.5, 0.6) is 0 Å². The average molecular weight is 390 g/mol. The van der Waals surface area contributed by atoms with Crippen molar-refractivity contribution in [1.82, 2.24) is 9.88 Å². The first kappa shape index (κ1) is 16.4. The first-order valence-corrected chi connectivity index (χ1v) is 8.32. The van der Waals surface area contributed by atoms with Crippen LogP contribution in [0.25, 0.3) is 0 Å². The van der Waals surface area contributed by atoms with E-state index in [-0.39, 0.29) is 24.5 Å². The quantitative estimate of drug-likeness (QED) is 0.850. The number of aromatic nitrogens is 1. The van der Waals surface area contributed by atoms with Gasteiger partial charge >= 0.3 is 6.09 Å². The number of hydrogen-bond donors (Lipinski definition) is 1. The molecular formula is C17H16BrN3O3. The molecule has 1 aromatic heterocycles. The minimum Gasteiger partial charge on any atom is -0.448 e. The number of benzene rings is 1. The zero-order valence-corrected chi connectivity index (χ0v) is 14.4. The molecule has 1 unspecified atom stereocenters. The fraction of sp³-hybridized carbons (Fsp3) is 0.235. The molecule has 3 rings (SSSR count). The highest BCUT2D eigenvalue weighted by atomic mass is 79.9. The number of pyridine rings is 1. The summed E-state index contributed by atoms with van der Waals surface area (Å²) >= 11 is 3.35. The molecule has 6 nitrogen and oxygen atoms in total. The van der Waals surface area contributed by atoms with E-state index in [2.05, 4.69) is 26.2 Å². The number of halogens is 1. The van der Waals surface area contributed by atoms with Crippen LogP contribution in [0.4, 0.5) is 10.5 Å². The number of anilines is 1. The second-order valence-electron chi connectivity index (χ2n) is 5.34. The summed E-state index contributed by atoms with van der Waals surface area (Å²) in [4.78, 5) is 30.0. The molecule has 1 aromatic carbocycles. The molecule has 2 heterocycles. The van der Waals surface area contributed by atoms with Gasteiger partial charge in [-0.1, -0.05) is 30.3 Å². The SMILES string of the molecule is O=C(CC(c1ccccc1)N1CCOC1=O)Nc1ccncc1Br. The van der Waals surface area contributed by atoms with E-state index in [9.17, 15) is 9.59 Å². The third-order valence-corrected chi connectivity index (χ3v) is 4.41. The van der Waals surface area contributed by atoms with Gasteiger partial charge < -0.3 is 10.1 Å². The smallest absolute Gasteiger partial charge is 0.410 e. The van der Waals surface area contributed by atoms with E-state index < -0.39 is 0 Å². The van der Waals surface area contributed by atoms with Gasteiger partial charge in [0.1, 0.15) is 6.61 Å². The summed E-state index contributed by atoms with van der Waals surface area (Å²) in [7, 11) is 0. The Hall–Kier alpha value is -2.41. The number of ether oxygens (including phenoxy) is 1. The first-order valence-electron chi connectivity index (χ1n) is 7.53. The van der Waals surface area contributed by atoms with Crippen LogP contribution in [-0.2, 0) is 9.53 Å². The average Bonchev–Trinajstić information content (AvgIpc) is 3.01. The van der Waals surface area contributed by atoms with Crippen LogP contribution in [0.2, 0.25) is 0 Å². The van der Waals surface area contributed by atoms with Crippen molar-refractivity contribution in [3.63, 3.8) is 0 Å². The van der Waals surface area contributed by atoms with Crippen LogP contribution in [0.1, 0.15) is 18.0 Å². The van der Waals surface area contributed by atoms with Gasteiger partial charge in [0.05, 0.1) is 29.2 Å². The first-order chi connectivity index (χ1) is 11.6. The molecule has 1 aliphatic rings. The van der Waals surface area contributed by atoms with E-state index in [1.54, 1.807) is 23.4 Å². The number of rotatable bonds is 5. The Labute approximate surface area is 148 Å². The summed E-state index contributed by atoms with van der Waals surface area (Å²) in [6.45, 7) is 0.824. The molecule has 1 N–H and O–H groups in total. The van der Waals surface area contributed by atoms with Gasteiger partial charge in [0.2, 0.25) is 5.91 Å². The Morgan fingerprint density at radius 3 is 2.79 bits per heavy atom. The van der Waals surface area contributed by atoms with Crippen molar-refractivity contribution in [3.8, 4) is 0 Å². The van der Waals surface area contributed by atoms with Crippen LogP contribution < -0.4 is 5.32 Å². The third kappa shape index (κ3) is 3.73. The molecule has 2 amide bonds. The number of hydrogen-bond acceptors (Lipinski definition) is 4. The topological polar surface area (TPSA) is 71.5 Å².